The molecular formula is C11H12ClN3O2S. The monoisotopic (exact) mass is 285 g/mol. The number of hydrogen-bond donors (Lipinski definition) is 1. The molecule has 0 atom stereocenters. The van der Waals surface area contributed by atoms with Crippen LogP contribution in [0.2, 0.25) is 5.02 Å². The molecule has 0 bridgehead atoms. The van der Waals surface area contributed by atoms with E-state index < -0.39 is 0 Å². The van der Waals surface area contributed by atoms with Crippen molar-refractivity contribution in [2.75, 3.05) is 19.5 Å². The summed E-state index contributed by atoms with van der Waals surface area (Å²) >= 11 is 7.34. The number of ether oxygens (including phenoxy) is 2. The maximum absolute atomic E-state index is 6.03. The zero-order chi connectivity index (χ0) is 13.0. The number of methoxy groups -OCH3 is 2. The molecule has 0 saturated heterocycles. The Morgan fingerprint density at radius 3 is 2.67 bits per heavy atom. The third kappa shape index (κ3) is 2.83. The summed E-state index contributed by atoms with van der Waals surface area (Å²) in [5, 5.41) is 9.55. The van der Waals surface area contributed by atoms with Gasteiger partial charge in [-0.2, -0.15) is 0 Å². The molecule has 1 aromatic carbocycles. The molecule has 1 aromatic heterocycles. The third-order valence-electron chi connectivity index (χ3n) is 2.34. The van der Waals surface area contributed by atoms with Crippen LogP contribution in [0.25, 0.3) is 0 Å². The molecule has 0 aliphatic carbocycles. The van der Waals surface area contributed by atoms with Crippen LogP contribution in [0.3, 0.4) is 0 Å². The summed E-state index contributed by atoms with van der Waals surface area (Å²) in [5.41, 5.74) is 1.67. The molecule has 1 heterocycles. The smallest absolute Gasteiger partial charge is 0.143 e. The largest absolute Gasteiger partial charge is 0.495 e. The molecule has 2 aromatic rings. The number of nitrogens with one attached hydrogen (secondary N) is 1. The number of rotatable bonds is 5. The zero-order valence-corrected chi connectivity index (χ0v) is 11.5. The summed E-state index contributed by atoms with van der Waals surface area (Å²) in [6.45, 7) is 0.567. The predicted molar refractivity (Wildman–Crippen MR) is 71.8 cm³/mol. The number of anilines is 1. The molecule has 1 N–H and O–H groups in total. The van der Waals surface area contributed by atoms with E-state index in [1.165, 1.54) is 11.5 Å². The van der Waals surface area contributed by atoms with Gasteiger partial charge in [0.05, 0.1) is 37.2 Å². The van der Waals surface area contributed by atoms with Gasteiger partial charge in [0.25, 0.3) is 0 Å². The Hall–Kier alpha value is -1.53. The molecule has 96 valence electrons. The second-order valence-corrected chi connectivity index (χ2v) is 4.45. The second-order valence-electron chi connectivity index (χ2n) is 3.44. The molecule has 0 aliphatic heterocycles. The summed E-state index contributed by atoms with van der Waals surface area (Å²) in [6.07, 6.45) is 0. The van der Waals surface area contributed by atoms with Crippen molar-refractivity contribution in [3.8, 4) is 11.5 Å². The number of aromatic nitrogens is 2. The lowest BCUT2D eigenvalue weighted by Crippen LogP contribution is -2.02. The van der Waals surface area contributed by atoms with E-state index in [-0.39, 0.29) is 0 Å². The van der Waals surface area contributed by atoms with Crippen molar-refractivity contribution in [1.29, 1.82) is 0 Å². The van der Waals surface area contributed by atoms with Crippen molar-refractivity contribution in [3.05, 3.63) is 28.2 Å². The Labute approximate surface area is 114 Å². The lowest BCUT2D eigenvalue weighted by Gasteiger charge is -2.13. The van der Waals surface area contributed by atoms with Gasteiger partial charge >= 0.3 is 0 Å². The minimum Gasteiger partial charge on any atom is -0.495 e. The number of nitrogens with zero attached hydrogens (tertiary/aromatic N) is 2. The summed E-state index contributed by atoms with van der Waals surface area (Å²) in [4.78, 5) is 0. The standard InChI is InChI=1S/C11H12ClN3O2S/c1-16-10-4-9(11(17-2)3-8(10)12)13-5-7-6-18-15-14-7/h3-4,6,13H,5H2,1-2H3. The normalized spacial score (nSPS) is 10.2. The van der Waals surface area contributed by atoms with E-state index in [9.17, 15) is 0 Å². The number of hydrogen-bond acceptors (Lipinski definition) is 6. The number of benzene rings is 1. The van der Waals surface area contributed by atoms with Crippen LogP contribution in [-0.2, 0) is 6.54 Å². The topological polar surface area (TPSA) is 56.3 Å². The molecule has 2 rings (SSSR count). The van der Waals surface area contributed by atoms with Crippen molar-refractivity contribution in [2.45, 2.75) is 6.54 Å². The highest BCUT2D eigenvalue weighted by atomic mass is 35.5. The highest BCUT2D eigenvalue weighted by Crippen LogP contribution is 2.35. The van der Waals surface area contributed by atoms with E-state index in [4.69, 9.17) is 21.1 Å². The molecule has 7 heteroatoms. The van der Waals surface area contributed by atoms with Gasteiger partial charge in [0.15, 0.2) is 0 Å². The molecule has 0 amide bonds. The van der Waals surface area contributed by atoms with E-state index in [1.54, 1.807) is 26.4 Å². The van der Waals surface area contributed by atoms with Gasteiger partial charge in [-0.3, -0.25) is 0 Å². The first-order valence-corrected chi connectivity index (χ1v) is 6.37. The van der Waals surface area contributed by atoms with E-state index >= 15 is 0 Å². The van der Waals surface area contributed by atoms with Crippen LogP contribution in [-0.4, -0.2) is 23.8 Å². The van der Waals surface area contributed by atoms with Gasteiger partial charge in [0.1, 0.15) is 11.5 Å². The lowest BCUT2D eigenvalue weighted by atomic mass is 10.2. The van der Waals surface area contributed by atoms with Gasteiger partial charge in [-0.25, -0.2) is 0 Å². The Balaban J connectivity index is 2.19. The fourth-order valence-corrected chi connectivity index (χ4v) is 2.13. The van der Waals surface area contributed by atoms with Crippen molar-refractivity contribution >= 4 is 28.8 Å². The Bertz CT molecular complexity index is 519. The van der Waals surface area contributed by atoms with E-state index in [1.807, 2.05) is 5.38 Å². The summed E-state index contributed by atoms with van der Waals surface area (Å²) < 4.78 is 14.2. The summed E-state index contributed by atoms with van der Waals surface area (Å²) in [7, 11) is 3.16. The van der Waals surface area contributed by atoms with Crippen molar-refractivity contribution in [1.82, 2.24) is 9.59 Å². The van der Waals surface area contributed by atoms with Crippen LogP contribution in [0.1, 0.15) is 5.69 Å². The van der Waals surface area contributed by atoms with Crippen molar-refractivity contribution in [3.63, 3.8) is 0 Å². The van der Waals surface area contributed by atoms with E-state index in [0.29, 0.717) is 23.1 Å². The summed E-state index contributed by atoms with van der Waals surface area (Å²) in [6, 6.07) is 3.50. The maximum atomic E-state index is 6.03. The number of halogens is 1. The minimum atomic E-state index is 0.509. The average Bonchev–Trinajstić information content (AvgIpc) is 2.90. The van der Waals surface area contributed by atoms with Gasteiger partial charge < -0.3 is 14.8 Å². The van der Waals surface area contributed by atoms with Gasteiger partial charge in [0, 0.05) is 17.5 Å². The SMILES string of the molecule is COc1cc(NCc2csnn2)c(OC)cc1Cl. The molecule has 0 fully saturated rings. The van der Waals surface area contributed by atoms with Crippen LogP contribution in [0.5, 0.6) is 11.5 Å². The third-order valence-corrected chi connectivity index (χ3v) is 3.19. The van der Waals surface area contributed by atoms with Crippen LogP contribution in [0.4, 0.5) is 5.69 Å². The average molecular weight is 286 g/mol. The first kappa shape index (κ1) is 12.9. The fraction of sp³-hybridized carbons (Fsp3) is 0.273. The van der Waals surface area contributed by atoms with E-state index in [2.05, 4.69) is 14.9 Å². The van der Waals surface area contributed by atoms with Gasteiger partial charge in [-0.1, -0.05) is 16.1 Å². The van der Waals surface area contributed by atoms with E-state index in [0.717, 1.165) is 11.4 Å². The molecule has 5 nitrogen and oxygen atoms in total. The lowest BCUT2D eigenvalue weighted by molar-refractivity contribution is 0.404. The molecule has 0 saturated carbocycles. The van der Waals surface area contributed by atoms with Crippen LogP contribution in [0.15, 0.2) is 17.5 Å². The Morgan fingerprint density at radius 2 is 2.06 bits per heavy atom. The maximum Gasteiger partial charge on any atom is 0.143 e. The van der Waals surface area contributed by atoms with Crippen LogP contribution < -0.4 is 14.8 Å². The first-order valence-electron chi connectivity index (χ1n) is 5.16. The van der Waals surface area contributed by atoms with Gasteiger partial charge in [-0.05, 0) is 11.5 Å². The zero-order valence-electron chi connectivity index (χ0n) is 9.94. The Morgan fingerprint density at radius 1 is 1.28 bits per heavy atom. The molecule has 18 heavy (non-hydrogen) atoms. The Kier molecular flexibility index (Phi) is 4.22. The fourth-order valence-electron chi connectivity index (χ4n) is 1.45. The van der Waals surface area contributed by atoms with Crippen LogP contribution >= 0.6 is 23.1 Å². The van der Waals surface area contributed by atoms with Gasteiger partial charge in [0.2, 0.25) is 0 Å². The molecular weight excluding hydrogens is 274 g/mol. The second kappa shape index (κ2) is 5.88. The van der Waals surface area contributed by atoms with Crippen molar-refractivity contribution < 1.29 is 9.47 Å². The molecule has 0 aliphatic rings. The van der Waals surface area contributed by atoms with Crippen LogP contribution in [0, 0.1) is 0 Å². The van der Waals surface area contributed by atoms with Gasteiger partial charge in [-0.15, -0.1) is 5.10 Å². The highest BCUT2D eigenvalue weighted by Gasteiger charge is 2.10. The quantitative estimate of drug-likeness (QED) is 0.915. The molecule has 0 spiro atoms. The minimum absolute atomic E-state index is 0.509. The molecule has 0 unspecified atom stereocenters. The molecule has 0 radical (unpaired) electrons. The van der Waals surface area contributed by atoms with Crippen molar-refractivity contribution in [2.24, 2.45) is 0 Å². The summed E-state index contributed by atoms with van der Waals surface area (Å²) in [5.74, 6) is 1.25. The predicted octanol–water partition coefficient (Wildman–Crippen LogP) is 2.82. The first-order chi connectivity index (χ1) is 8.74. The highest BCUT2D eigenvalue weighted by molar-refractivity contribution is 7.03.